The van der Waals surface area contributed by atoms with Gasteiger partial charge in [-0.05, 0) is 121 Å². The Hall–Kier alpha value is -4.77. The Kier molecular flexibility index (Phi) is 15.5. The van der Waals surface area contributed by atoms with Gasteiger partial charge in [-0.15, -0.1) is 22.7 Å². The Bertz CT molecular complexity index is 3520. The molecule has 410 valence electrons. The highest BCUT2D eigenvalue weighted by atomic mass is 35.5. The van der Waals surface area contributed by atoms with Gasteiger partial charge in [0.1, 0.15) is 55.2 Å². The van der Waals surface area contributed by atoms with Gasteiger partial charge in [-0.1, -0.05) is 56.7 Å². The van der Waals surface area contributed by atoms with Crippen LogP contribution in [0.25, 0.3) is 42.9 Å². The van der Waals surface area contributed by atoms with E-state index in [9.17, 15) is 28.9 Å². The third-order valence-corrected chi connectivity index (χ3v) is 18.5. The molecule has 0 spiro atoms. The fraction of sp³-hybridized carbons (Fsp3) is 0.436. The van der Waals surface area contributed by atoms with Crippen LogP contribution in [0.2, 0.25) is 20.1 Å². The first-order valence-corrected chi connectivity index (χ1v) is 28.7. The maximum atomic E-state index is 14.8. The number of methoxy groups -OCH3 is 1. The van der Waals surface area contributed by atoms with E-state index in [1.807, 2.05) is 0 Å². The van der Waals surface area contributed by atoms with Crippen molar-refractivity contribution >= 4 is 95.5 Å². The zero-order valence-electron chi connectivity index (χ0n) is 42.4. The van der Waals surface area contributed by atoms with E-state index in [0.717, 1.165) is 54.4 Å². The first-order valence-electron chi connectivity index (χ1n) is 25.6. The van der Waals surface area contributed by atoms with Crippen LogP contribution in [0.15, 0.2) is 58.1 Å². The molecule has 3 N–H and O–H groups in total. The van der Waals surface area contributed by atoms with Crippen LogP contribution in [-0.4, -0.2) is 70.9 Å². The summed E-state index contributed by atoms with van der Waals surface area (Å²) in [6, 6.07) is 5.70. The second-order valence-corrected chi connectivity index (χ2v) is 24.7. The van der Waals surface area contributed by atoms with Gasteiger partial charge in [0, 0.05) is 58.9 Å². The lowest BCUT2D eigenvalue weighted by Crippen LogP contribution is -2.34. The molecule has 0 bridgehead atoms. The van der Waals surface area contributed by atoms with E-state index in [0.29, 0.717) is 131 Å². The summed E-state index contributed by atoms with van der Waals surface area (Å²) in [6.45, 7) is 3.78. The van der Waals surface area contributed by atoms with Crippen molar-refractivity contribution < 1.29 is 52.2 Å². The summed E-state index contributed by atoms with van der Waals surface area (Å²) in [6.07, 6.45) is 14.1. The normalized spacial score (nSPS) is 21.7. The highest BCUT2D eigenvalue weighted by Crippen LogP contribution is 2.49. The molecular weight excluding hydrogens is 1130 g/mol. The van der Waals surface area contributed by atoms with E-state index in [1.165, 1.54) is 60.6 Å². The van der Waals surface area contributed by atoms with Gasteiger partial charge in [0.2, 0.25) is 0 Å². The summed E-state index contributed by atoms with van der Waals surface area (Å²) >= 11 is 28.1. The van der Waals surface area contributed by atoms with Gasteiger partial charge in [0.15, 0.2) is 11.6 Å². The second-order valence-electron chi connectivity index (χ2n) is 21.0. The fourth-order valence-electron chi connectivity index (χ4n) is 10.2. The topological polar surface area (TPSA) is 209 Å². The fourth-order valence-corrected chi connectivity index (χ4v) is 13.6. The number of carbonyl (C=O) groups is 1. The summed E-state index contributed by atoms with van der Waals surface area (Å²) in [5.74, 6) is 0.472. The van der Waals surface area contributed by atoms with Gasteiger partial charge in [-0.3, -0.25) is 9.97 Å². The number of carbonyl (C=O) groups excluding carboxylic acids is 1. The number of hydrogen-bond donors (Lipinski definition) is 3. The Balaban J connectivity index is 0.000000165. The van der Waals surface area contributed by atoms with Crippen LogP contribution < -0.4 is 0 Å². The van der Waals surface area contributed by atoms with Crippen molar-refractivity contribution in [2.24, 2.45) is 0 Å². The van der Waals surface area contributed by atoms with Crippen molar-refractivity contribution in [1.82, 2.24) is 30.2 Å². The molecule has 4 aliphatic carbocycles. The van der Waals surface area contributed by atoms with Crippen molar-refractivity contribution in [3.63, 3.8) is 0 Å². The van der Waals surface area contributed by atoms with E-state index < -0.39 is 34.4 Å². The molecule has 0 aliphatic heterocycles. The number of hydrogen-bond acceptors (Lipinski definition) is 17. The monoisotopic (exact) mass is 1180 g/mol. The largest absolute Gasteiger partial charge is 0.465 e. The molecule has 0 unspecified atom stereocenters. The number of pyridine rings is 2. The Morgan fingerprint density at radius 2 is 1.08 bits per heavy atom. The maximum Gasteiger partial charge on any atom is 0.338 e. The zero-order chi connectivity index (χ0) is 54.8. The van der Waals surface area contributed by atoms with Crippen molar-refractivity contribution in [2.45, 2.75) is 145 Å². The predicted molar refractivity (Wildman–Crippen MR) is 291 cm³/mol. The van der Waals surface area contributed by atoms with Crippen LogP contribution >= 0.6 is 69.1 Å². The summed E-state index contributed by atoms with van der Waals surface area (Å²) < 4.78 is 59.3. The molecule has 6 aromatic heterocycles. The third-order valence-electron chi connectivity index (χ3n) is 15.0. The number of rotatable bonds is 14. The van der Waals surface area contributed by atoms with E-state index >= 15 is 0 Å². The highest BCUT2D eigenvalue weighted by Gasteiger charge is 2.42. The Morgan fingerprint density at radius 3 is 1.47 bits per heavy atom. The average molecular weight is 1180 g/mol. The van der Waals surface area contributed by atoms with E-state index in [4.69, 9.17) is 69.7 Å². The lowest BCUT2D eigenvalue weighted by atomic mass is 9.83. The van der Waals surface area contributed by atoms with Gasteiger partial charge in [0.05, 0.1) is 73.2 Å². The number of aromatic nitrogens is 6. The number of halogens is 6. The van der Waals surface area contributed by atoms with Gasteiger partial charge >= 0.3 is 5.97 Å². The van der Waals surface area contributed by atoms with Crippen molar-refractivity contribution in [3.8, 4) is 22.5 Å². The lowest BCUT2D eigenvalue weighted by molar-refractivity contribution is -0.0641. The molecule has 23 heteroatoms. The standard InChI is InChI=1S/C28H28Cl2FN3O4S.C27H24Cl2FN3O5S/c1-27(2,35)15-9-20(31)24-21(10-15)39-26(33-24)28(36)7-5-16(6-8-28)37-13-17-23(34-38-25(17)14-3-4-14)22-18(29)11-32-12-19(22)30;1-36-25(34)14-8-19(30)23-20(9-14)39-26(32-23)27(35)6-4-15(5-7-27)37-12-16-22(33-38-24(16)13-2-3-13)21-17(28)10-31-11-18(21)29/h9-12,14,16,35-36H,3-8,13H2,1-2H3;8-11,13,15,35H,2-7,12H2,1H3. The van der Waals surface area contributed by atoms with Crippen LogP contribution in [-0.2, 0) is 44.2 Å². The molecule has 15 nitrogen and oxygen atoms in total. The third kappa shape index (κ3) is 11.2. The van der Waals surface area contributed by atoms with E-state index in [2.05, 4.69) is 30.2 Å². The average Bonchev–Trinajstić information content (AvgIpc) is 4.42. The first-order chi connectivity index (χ1) is 37.3. The molecule has 6 heterocycles. The summed E-state index contributed by atoms with van der Waals surface area (Å²) in [7, 11) is 1.24. The Morgan fingerprint density at radius 1 is 0.667 bits per heavy atom. The number of benzene rings is 2. The summed E-state index contributed by atoms with van der Waals surface area (Å²) in [5.41, 5.74) is 1.34. The number of aliphatic hydroxyl groups is 3. The SMILES string of the molecule is CC(C)(O)c1cc(F)c2nc(C3(O)CCC(OCc4c(-c5c(Cl)cncc5Cl)noc4C4CC4)CC3)sc2c1.COC(=O)c1cc(F)c2nc(C3(O)CCC(OCc4c(-c5c(Cl)cncc5Cl)noc4C4CC4)CC3)sc2c1. The summed E-state index contributed by atoms with van der Waals surface area (Å²) in [4.78, 5) is 28.8. The number of esters is 1. The van der Waals surface area contributed by atoms with Crippen LogP contribution in [0.4, 0.5) is 8.78 Å². The van der Waals surface area contributed by atoms with Crippen molar-refractivity contribution in [3.05, 3.63) is 125 Å². The van der Waals surface area contributed by atoms with Crippen LogP contribution in [0.5, 0.6) is 0 Å². The molecule has 4 saturated carbocycles. The molecule has 4 fully saturated rings. The molecule has 0 radical (unpaired) electrons. The number of ether oxygens (including phenoxy) is 3. The minimum absolute atomic E-state index is 0.0867. The quantitative estimate of drug-likeness (QED) is 0.0865. The van der Waals surface area contributed by atoms with Crippen LogP contribution in [0.1, 0.15) is 151 Å². The van der Waals surface area contributed by atoms with Gasteiger partial charge in [0.25, 0.3) is 0 Å². The molecule has 0 atom stereocenters. The van der Waals surface area contributed by atoms with Gasteiger partial charge < -0.3 is 38.6 Å². The van der Waals surface area contributed by atoms with Crippen LogP contribution in [0, 0.1) is 11.6 Å². The molecule has 2 aromatic carbocycles. The number of fused-ring (bicyclic) bond motifs is 2. The molecular formula is C55H52Cl4F2N6O9S2. The Labute approximate surface area is 474 Å². The zero-order valence-corrected chi connectivity index (χ0v) is 47.0. The second kappa shape index (κ2) is 21.9. The first kappa shape index (κ1) is 55.2. The minimum atomic E-state index is -1.21. The molecule has 8 aromatic rings. The maximum absolute atomic E-state index is 14.8. The molecule has 78 heavy (non-hydrogen) atoms. The molecule has 4 aliphatic rings. The number of thiazole rings is 2. The lowest BCUT2D eigenvalue weighted by Gasteiger charge is -2.34. The van der Waals surface area contributed by atoms with Gasteiger partial charge in [-0.2, -0.15) is 0 Å². The van der Waals surface area contributed by atoms with E-state index in [1.54, 1.807) is 26.0 Å². The van der Waals surface area contributed by atoms with E-state index in [-0.39, 0.29) is 42.0 Å². The number of nitrogens with zero attached hydrogens (tertiary/aromatic N) is 6. The highest BCUT2D eigenvalue weighted by molar-refractivity contribution is 7.19. The predicted octanol–water partition coefficient (Wildman–Crippen LogP) is 14.0. The smallest absolute Gasteiger partial charge is 0.338 e. The molecule has 12 rings (SSSR count). The molecule has 0 amide bonds. The van der Waals surface area contributed by atoms with Crippen molar-refractivity contribution in [1.29, 1.82) is 0 Å². The molecule has 0 saturated heterocycles. The summed E-state index contributed by atoms with van der Waals surface area (Å²) in [5, 5.41) is 44.3. The minimum Gasteiger partial charge on any atom is -0.465 e. The van der Waals surface area contributed by atoms with Crippen molar-refractivity contribution in [2.75, 3.05) is 7.11 Å². The van der Waals surface area contributed by atoms with Gasteiger partial charge in [-0.25, -0.2) is 23.5 Å². The van der Waals surface area contributed by atoms with Crippen LogP contribution in [0.3, 0.4) is 0 Å².